The van der Waals surface area contributed by atoms with E-state index in [9.17, 15) is 4.79 Å². The normalized spacial score (nSPS) is 11.1. The Kier molecular flexibility index (Phi) is 3.25. The topological polar surface area (TPSA) is 76.7 Å². The van der Waals surface area contributed by atoms with Gasteiger partial charge in [-0.15, -0.1) is 0 Å². The SMILES string of the molecule is CCn1c(N)c(-c2ncc[nH]2)c(=O)c2ccc(I)cc21. The van der Waals surface area contributed by atoms with Crippen LogP contribution in [-0.4, -0.2) is 14.5 Å². The van der Waals surface area contributed by atoms with Gasteiger partial charge in [0.25, 0.3) is 0 Å². The van der Waals surface area contributed by atoms with Crippen molar-refractivity contribution in [3.05, 3.63) is 44.4 Å². The van der Waals surface area contributed by atoms with Crippen molar-refractivity contribution in [2.75, 3.05) is 5.73 Å². The van der Waals surface area contributed by atoms with Gasteiger partial charge in [-0.2, -0.15) is 0 Å². The number of nitrogens with two attached hydrogens (primary N) is 1. The van der Waals surface area contributed by atoms with Crippen LogP contribution in [0.4, 0.5) is 5.82 Å². The molecule has 5 nitrogen and oxygen atoms in total. The molecule has 0 bridgehead atoms. The zero-order valence-corrected chi connectivity index (χ0v) is 13.0. The maximum atomic E-state index is 12.7. The van der Waals surface area contributed by atoms with E-state index in [1.54, 1.807) is 12.4 Å². The first-order valence-electron chi connectivity index (χ1n) is 6.24. The third-order valence-corrected chi connectivity index (χ3v) is 3.99. The van der Waals surface area contributed by atoms with Crippen molar-refractivity contribution < 1.29 is 0 Å². The molecule has 0 unspecified atom stereocenters. The molecule has 0 saturated carbocycles. The predicted octanol–water partition coefficient (Wildman–Crippen LogP) is 2.60. The van der Waals surface area contributed by atoms with Gasteiger partial charge in [0, 0.05) is 27.9 Å². The lowest BCUT2D eigenvalue weighted by Crippen LogP contribution is -2.17. The fraction of sp³-hybridized carbons (Fsp3) is 0.143. The van der Waals surface area contributed by atoms with Crippen LogP contribution in [0.2, 0.25) is 0 Å². The number of nitrogen functional groups attached to an aromatic ring is 1. The molecule has 6 heteroatoms. The lowest BCUT2D eigenvalue weighted by molar-refractivity contribution is 0.800. The van der Waals surface area contributed by atoms with Crippen LogP contribution >= 0.6 is 22.6 Å². The number of hydrogen-bond acceptors (Lipinski definition) is 3. The van der Waals surface area contributed by atoms with Gasteiger partial charge in [-0.1, -0.05) is 0 Å². The van der Waals surface area contributed by atoms with E-state index in [1.807, 2.05) is 29.7 Å². The zero-order valence-electron chi connectivity index (χ0n) is 10.9. The molecule has 0 radical (unpaired) electrons. The lowest BCUT2D eigenvalue weighted by Gasteiger charge is -2.15. The highest BCUT2D eigenvalue weighted by atomic mass is 127. The quantitative estimate of drug-likeness (QED) is 0.671. The Balaban J connectivity index is 2.50. The van der Waals surface area contributed by atoms with Gasteiger partial charge in [-0.25, -0.2) is 4.98 Å². The average molecular weight is 380 g/mol. The third kappa shape index (κ3) is 1.91. The molecule has 0 amide bonds. The highest BCUT2D eigenvalue weighted by Gasteiger charge is 2.17. The monoisotopic (exact) mass is 380 g/mol. The van der Waals surface area contributed by atoms with E-state index in [2.05, 4.69) is 32.6 Å². The van der Waals surface area contributed by atoms with Gasteiger partial charge < -0.3 is 15.3 Å². The smallest absolute Gasteiger partial charge is 0.202 e. The summed E-state index contributed by atoms with van der Waals surface area (Å²) >= 11 is 2.23. The van der Waals surface area contributed by atoms with Gasteiger partial charge in [-0.05, 0) is 47.7 Å². The van der Waals surface area contributed by atoms with E-state index in [0.717, 1.165) is 9.09 Å². The highest BCUT2D eigenvalue weighted by Crippen LogP contribution is 2.25. The number of nitrogens with one attached hydrogen (secondary N) is 1. The van der Waals surface area contributed by atoms with Crippen LogP contribution in [-0.2, 0) is 6.54 Å². The highest BCUT2D eigenvalue weighted by molar-refractivity contribution is 14.1. The molecule has 20 heavy (non-hydrogen) atoms. The number of aromatic amines is 1. The Labute approximate surface area is 129 Å². The number of benzene rings is 1. The first kappa shape index (κ1) is 13.2. The van der Waals surface area contributed by atoms with Crippen LogP contribution in [0.15, 0.2) is 35.4 Å². The summed E-state index contributed by atoms with van der Waals surface area (Å²) in [6.45, 7) is 2.70. The molecule has 3 rings (SSSR count). The van der Waals surface area contributed by atoms with E-state index in [4.69, 9.17) is 5.73 Å². The van der Waals surface area contributed by atoms with Gasteiger partial charge in [0.2, 0.25) is 5.43 Å². The molecule has 0 saturated heterocycles. The van der Waals surface area contributed by atoms with E-state index >= 15 is 0 Å². The predicted molar refractivity (Wildman–Crippen MR) is 88.6 cm³/mol. The molecule has 0 aliphatic carbocycles. The fourth-order valence-electron chi connectivity index (χ4n) is 2.41. The summed E-state index contributed by atoms with van der Waals surface area (Å²) in [6.07, 6.45) is 3.30. The zero-order chi connectivity index (χ0) is 14.3. The number of aromatic nitrogens is 3. The summed E-state index contributed by atoms with van der Waals surface area (Å²) in [5.41, 5.74) is 7.41. The lowest BCUT2D eigenvalue weighted by atomic mass is 10.1. The van der Waals surface area contributed by atoms with Gasteiger partial charge in [0.1, 0.15) is 17.2 Å². The number of rotatable bonds is 2. The molecule has 0 fully saturated rings. The molecule has 0 aliphatic rings. The second-order valence-corrected chi connectivity index (χ2v) is 5.68. The standard InChI is InChI=1S/C14H13IN4O/c1-2-19-10-7-8(15)3-4-9(10)12(20)11(13(19)16)14-17-5-6-18-14/h3-7H,2,16H2,1H3,(H,17,18). The fourth-order valence-corrected chi connectivity index (χ4v) is 2.88. The summed E-state index contributed by atoms with van der Waals surface area (Å²) in [6, 6.07) is 5.74. The van der Waals surface area contributed by atoms with Crippen molar-refractivity contribution in [3.63, 3.8) is 0 Å². The van der Waals surface area contributed by atoms with Crippen molar-refractivity contribution in [1.29, 1.82) is 0 Å². The number of pyridine rings is 1. The molecule has 3 N–H and O–H groups in total. The second kappa shape index (κ2) is 4.93. The largest absolute Gasteiger partial charge is 0.384 e. The van der Waals surface area contributed by atoms with Gasteiger partial charge in [-0.3, -0.25) is 4.79 Å². The van der Waals surface area contributed by atoms with Crippen LogP contribution in [0.1, 0.15) is 6.92 Å². The number of hydrogen-bond donors (Lipinski definition) is 2. The van der Waals surface area contributed by atoms with Crippen molar-refractivity contribution in [3.8, 4) is 11.4 Å². The molecular weight excluding hydrogens is 367 g/mol. The van der Waals surface area contributed by atoms with Crippen molar-refractivity contribution in [2.45, 2.75) is 13.5 Å². The maximum absolute atomic E-state index is 12.7. The first-order valence-corrected chi connectivity index (χ1v) is 7.32. The van der Waals surface area contributed by atoms with E-state index in [0.29, 0.717) is 29.1 Å². The summed E-state index contributed by atoms with van der Waals surface area (Å²) < 4.78 is 3.01. The maximum Gasteiger partial charge on any atom is 0.202 e. The average Bonchev–Trinajstić information content (AvgIpc) is 2.93. The number of fused-ring (bicyclic) bond motifs is 1. The number of H-pyrrole nitrogens is 1. The van der Waals surface area contributed by atoms with Crippen LogP contribution in [0.5, 0.6) is 0 Å². The first-order chi connectivity index (χ1) is 9.63. The van der Waals surface area contributed by atoms with Gasteiger partial charge in [0.15, 0.2) is 0 Å². The van der Waals surface area contributed by atoms with Gasteiger partial charge >= 0.3 is 0 Å². The van der Waals surface area contributed by atoms with E-state index < -0.39 is 0 Å². The van der Waals surface area contributed by atoms with Crippen LogP contribution in [0.25, 0.3) is 22.3 Å². The van der Waals surface area contributed by atoms with Crippen LogP contribution < -0.4 is 11.2 Å². The van der Waals surface area contributed by atoms with Crippen molar-refractivity contribution in [2.24, 2.45) is 0 Å². The Hall–Kier alpha value is -1.83. The molecule has 0 spiro atoms. The number of nitrogens with zero attached hydrogens (tertiary/aromatic N) is 2. The number of imidazole rings is 1. The summed E-state index contributed by atoms with van der Waals surface area (Å²) in [4.78, 5) is 19.8. The molecule has 2 heterocycles. The number of anilines is 1. The Bertz CT molecular complexity index is 836. The van der Waals surface area contributed by atoms with Crippen molar-refractivity contribution in [1.82, 2.24) is 14.5 Å². The molecule has 0 aliphatic heterocycles. The molecule has 0 atom stereocenters. The summed E-state index contributed by atoms with van der Waals surface area (Å²) in [7, 11) is 0. The second-order valence-electron chi connectivity index (χ2n) is 4.43. The van der Waals surface area contributed by atoms with Gasteiger partial charge in [0.05, 0.1) is 5.52 Å². The summed E-state index contributed by atoms with van der Waals surface area (Å²) in [5.74, 6) is 0.956. The minimum absolute atomic E-state index is 0.0893. The molecule has 3 aromatic rings. The molecule has 2 aromatic heterocycles. The number of halogens is 1. The minimum atomic E-state index is -0.0893. The van der Waals surface area contributed by atoms with E-state index in [1.165, 1.54) is 0 Å². The van der Waals surface area contributed by atoms with Crippen LogP contribution in [0.3, 0.4) is 0 Å². The molecule has 102 valence electrons. The van der Waals surface area contributed by atoms with Crippen LogP contribution in [0, 0.1) is 3.57 Å². The Morgan fingerprint density at radius 3 is 2.90 bits per heavy atom. The molecule has 1 aromatic carbocycles. The Morgan fingerprint density at radius 2 is 2.25 bits per heavy atom. The van der Waals surface area contributed by atoms with E-state index in [-0.39, 0.29) is 5.43 Å². The minimum Gasteiger partial charge on any atom is -0.384 e. The molecular formula is C14H13IN4O. The summed E-state index contributed by atoms with van der Waals surface area (Å²) in [5, 5.41) is 0.660. The number of aryl methyl sites for hydroxylation is 1. The van der Waals surface area contributed by atoms with Crippen molar-refractivity contribution >= 4 is 39.3 Å². The Morgan fingerprint density at radius 1 is 1.45 bits per heavy atom. The third-order valence-electron chi connectivity index (χ3n) is 3.32.